The van der Waals surface area contributed by atoms with E-state index in [1.54, 1.807) is 0 Å². The van der Waals surface area contributed by atoms with Gasteiger partial charge in [-0.25, -0.2) is 0 Å². The molecule has 1 aromatic carbocycles. The highest BCUT2D eigenvalue weighted by molar-refractivity contribution is 6.31. The maximum absolute atomic E-state index is 13.2. The van der Waals surface area contributed by atoms with E-state index in [9.17, 15) is 4.79 Å². The quantitative estimate of drug-likeness (QED) is 0.391. The minimum Gasteiger partial charge on any atom is -0.345 e. The summed E-state index contributed by atoms with van der Waals surface area (Å²) in [5, 5.41) is 0.795. The molecule has 0 radical (unpaired) electrons. The Morgan fingerprint density at radius 2 is 1.86 bits per heavy atom. The molecular weight excluding hydrogens is 380 g/mol. The Labute approximate surface area is 181 Å². The van der Waals surface area contributed by atoms with Crippen molar-refractivity contribution in [1.82, 2.24) is 9.47 Å². The molecular formula is C25H35ClN2O. The highest BCUT2D eigenvalue weighted by atomic mass is 35.5. The van der Waals surface area contributed by atoms with Crippen molar-refractivity contribution in [1.29, 1.82) is 0 Å². The Balaban J connectivity index is 1.71. The Morgan fingerprint density at radius 3 is 2.62 bits per heavy atom. The molecule has 1 aromatic heterocycles. The molecule has 1 aliphatic rings. The summed E-state index contributed by atoms with van der Waals surface area (Å²) in [6.07, 6.45) is 13.4. The summed E-state index contributed by atoms with van der Waals surface area (Å²) in [4.78, 5) is 15.3. The molecule has 1 heterocycles. The lowest BCUT2D eigenvalue weighted by Crippen LogP contribution is -2.41. The van der Waals surface area contributed by atoms with E-state index in [0.29, 0.717) is 24.9 Å². The highest BCUT2D eigenvalue weighted by Crippen LogP contribution is 2.26. The zero-order valence-electron chi connectivity index (χ0n) is 17.8. The van der Waals surface area contributed by atoms with Gasteiger partial charge in [0.25, 0.3) is 0 Å². The van der Waals surface area contributed by atoms with E-state index in [1.165, 1.54) is 37.8 Å². The molecule has 0 saturated heterocycles. The summed E-state index contributed by atoms with van der Waals surface area (Å²) in [5.41, 5.74) is 2.30. The first-order valence-corrected chi connectivity index (χ1v) is 11.7. The predicted octanol–water partition coefficient (Wildman–Crippen LogP) is 6.82. The van der Waals surface area contributed by atoms with E-state index in [2.05, 4.69) is 40.8 Å². The molecule has 29 heavy (non-hydrogen) atoms. The third kappa shape index (κ3) is 6.37. The maximum atomic E-state index is 13.2. The van der Waals surface area contributed by atoms with Crippen LogP contribution in [-0.2, 0) is 17.9 Å². The summed E-state index contributed by atoms with van der Waals surface area (Å²) in [5.74, 6) is 0.332. The van der Waals surface area contributed by atoms with Gasteiger partial charge in [-0.05, 0) is 43.0 Å². The minimum atomic E-state index is 0.332. The molecule has 1 saturated carbocycles. The maximum Gasteiger partial charge on any atom is 0.223 e. The van der Waals surface area contributed by atoms with Gasteiger partial charge in [0.15, 0.2) is 0 Å². The van der Waals surface area contributed by atoms with Crippen LogP contribution in [0.25, 0.3) is 0 Å². The van der Waals surface area contributed by atoms with Crippen LogP contribution < -0.4 is 0 Å². The van der Waals surface area contributed by atoms with Gasteiger partial charge in [0.1, 0.15) is 0 Å². The third-order valence-corrected chi connectivity index (χ3v) is 6.50. The Hall–Kier alpha value is -1.74. The normalized spacial score (nSPS) is 14.8. The van der Waals surface area contributed by atoms with Crippen LogP contribution >= 0.6 is 11.6 Å². The van der Waals surface area contributed by atoms with Gasteiger partial charge < -0.3 is 9.47 Å². The first-order valence-electron chi connectivity index (χ1n) is 11.4. The molecule has 1 amide bonds. The average molecular weight is 415 g/mol. The summed E-state index contributed by atoms with van der Waals surface area (Å²) in [6, 6.07) is 12.6. The Bertz CT molecular complexity index is 764. The van der Waals surface area contributed by atoms with Crippen molar-refractivity contribution in [3.8, 4) is 0 Å². The number of benzene rings is 1. The molecule has 1 aliphatic carbocycles. The van der Waals surface area contributed by atoms with Crippen molar-refractivity contribution in [2.45, 2.75) is 90.3 Å². The van der Waals surface area contributed by atoms with E-state index in [4.69, 9.17) is 11.6 Å². The molecule has 0 spiro atoms. The molecule has 0 unspecified atom stereocenters. The summed E-state index contributed by atoms with van der Waals surface area (Å²) in [7, 11) is 0. The topological polar surface area (TPSA) is 25.2 Å². The Kier molecular flexibility index (Phi) is 8.67. The van der Waals surface area contributed by atoms with E-state index in [0.717, 1.165) is 42.8 Å². The summed E-state index contributed by atoms with van der Waals surface area (Å²) < 4.78 is 2.24. The van der Waals surface area contributed by atoms with Gasteiger partial charge >= 0.3 is 0 Å². The second kappa shape index (κ2) is 11.4. The molecule has 0 atom stereocenters. The Morgan fingerprint density at radius 1 is 1.07 bits per heavy atom. The van der Waals surface area contributed by atoms with Gasteiger partial charge in [-0.1, -0.05) is 75.2 Å². The van der Waals surface area contributed by atoms with E-state index >= 15 is 0 Å². The van der Waals surface area contributed by atoms with Crippen LogP contribution in [0.2, 0.25) is 5.02 Å². The number of amides is 1. The first kappa shape index (κ1) is 22.0. The van der Waals surface area contributed by atoms with Crippen molar-refractivity contribution < 1.29 is 4.79 Å². The molecule has 2 aromatic rings. The smallest absolute Gasteiger partial charge is 0.223 e. The van der Waals surface area contributed by atoms with Crippen molar-refractivity contribution in [3.05, 3.63) is 58.9 Å². The van der Waals surface area contributed by atoms with Crippen LogP contribution in [0, 0.1) is 0 Å². The number of halogens is 1. The second-order valence-corrected chi connectivity index (χ2v) is 8.75. The molecule has 0 aliphatic heterocycles. The number of hydrogen-bond acceptors (Lipinski definition) is 1. The number of carbonyl (C=O) groups excluding carboxylic acids is 1. The van der Waals surface area contributed by atoms with E-state index in [-0.39, 0.29) is 0 Å². The molecule has 158 valence electrons. The van der Waals surface area contributed by atoms with Gasteiger partial charge in [-0.3, -0.25) is 4.79 Å². The fourth-order valence-corrected chi connectivity index (χ4v) is 4.59. The summed E-state index contributed by atoms with van der Waals surface area (Å²) in [6.45, 7) is 3.66. The number of aromatic nitrogens is 1. The lowest BCUT2D eigenvalue weighted by molar-refractivity contribution is -0.135. The lowest BCUT2D eigenvalue weighted by atomic mass is 9.93. The standard InChI is InChI=1S/C25H35ClN2O/c1-2-3-4-8-17-25(29)28(22-13-6-5-7-14-22)20-23-15-11-18-27(23)19-21-12-9-10-16-24(21)26/h9-12,15-16,18,22H,2-8,13-14,17,19-20H2,1H3. The number of hydrogen-bond donors (Lipinski definition) is 0. The predicted molar refractivity (Wildman–Crippen MR) is 121 cm³/mol. The molecule has 1 fully saturated rings. The van der Waals surface area contributed by atoms with Crippen LogP contribution in [0.5, 0.6) is 0 Å². The van der Waals surface area contributed by atoms with Crippen LogP contribution in [0.1, 0.15) is 82.4 Å². The van der Waals surface area contributed by atoms with Gasteiger partial charge in [-0.15, -0.1) is 0 Å². The molecule has 3 rings (SSSR count). The van der Waals surface area contributed by atoms with Crippen molar-refractivity contribution in [3.63, 3.8) is 0 Å². The average Bonchev–Trinajstić information content (AvgIpc) is 3.18. The monoisotopic (exact) mass is 414 g/mol. The highest BCUT2D eigenvalue weighted by Gasteiger charge is 2.26. The number of nitrogens with zero attached hydrogens (tertiary/aromatic N) is 2. The van der Waals surface area contributed by atoms with Crippen molar-refractivity contribution >= 4 is 17.5 Å². The fraction of sp³-hybridized carbons (Fsp3) is 0.560. The zero-order chi connectivity index (χ0) is 20.5. The van der Waals surface area contributed by atoms with Crippen LogP contribution in [0.4, 0.5) is 0 Å². The molecule has 4 heteroatoms. The van der Waals surface area contributed by atoms with Crippen molar-refractivity contribution in [2.75, 3.05) is 0 Å². The van der Waals surface area contributed by atoms with Gasteiger partial charge in [0.2, 0.25) is 5.91 Å². The van der Waals surface area contributed by atoms with Gasteiger partial charge in [-0.2, -0.15) is 0 Å². The zero-order valence-corrected chi connectivity index (χ0v) is 18.5. The molecule has 3 nitrogen and oxygen atoms in total. The first-order chi connectivity index (χ1) is 14.2. The lowest BCUT2D eigenvalue weighted by Gasteiger charge is -2.35. The summed E-state index contributed by atoms with van der Waals surface area (Å²) >= 11 is 6.38. The van der Waals surface area contributed by atoms with Gasteiger partial charge in [0, 0.05) is 35.9 Å². The second-order valence-electron chi connectivity index (χ2n) is 8.34. The largest absolute Gasteiger partial charge is 0.345 e. The number of unbranched alkanes of at least 4 members (excludes halogenated alkanes) is 3. The minimum absolute atomic E-state index is 0.332. The number of carbonyl (C=O) groups is 1. The van der Waals surface area contributed by atoms with E-state index < -0.39 is 0 Å². The van der Waals surface area contributed by atoms with Crippen LogP contribution in [0.15, 0.2) is 42.6 Å². The third-order valence-electron chi connectivity index (χ3n) is 6.13. The van der Waals surface area contributed by atoms with Crippen molar-refractivity contribution in [2.24, 2.45) is 0 Å². The van der Waals surface area contributed by atoms with Crippen LogP contribution in [-0.4, -0.2) is 21.4 Å². The van der Waals surface area contributed by atoms with Crippen LogP contribution in [0.3, 0.4) is 0 Å². The SMILES string of the molecule is CCCCCCC(=O)N(Cc1cccn1Cc1ccccc1Cl)C1CCCCC1. The fourth-order valence-electron chi connectivity index (χ4n) is 4.39. The molecule has 0 bridgehead atoms. The molecule has 0 N–H and O–H groups in total. The number of rotatable bonds is 10. The van der Waals surface area contributed by atoms with Gasteiger partial charge in [0.05, 0.1) is 6.54 Å². The van der Waals surface area contributed by atoms with E-state index in [1.807, 2.05) is 18.2 Å².